The first-order chi connectivity index (χ1) is 8.49. The van der Waals surface area contributed by atoms with Crippen LogP contribution in [0.25, 0.3) is 0 Å². The van der Waals surface area contributed by atoms with Crippen molar-refractivity contribution in [3.8, 4) is 0 Å². The van der Waals surface area contributed by atoms with Gasteiger partial charge in [0.2, 0.25) is 0 Å². The number of thiophene rings is 1. The summed E-state index contributed by atoms with van der Waals surface area (Å²) in [5.41, 5.74) is 0.00444. The summed E-state index contributed by atoms with van der Waals surface area (Å²) in [5, 5.41) is 8.92. The maximum absolute atomic E-state index is 12.0. The molecule has 0 saturated carbocycles. The van der Waals surface area contributed by atoms with Crippen LogP contribution in [0, 0.1) is 6.92 Å². The van der Waals surface area contributed by atoms with E-state index >= 15 is 0 Å². The largest absolute Gasteiger partial charge is 0.477 e. The molecule has 0 saturated heterocycles. The number of carboxylic acids is 1. The maximum Gasteiger partial charge on any atom is 0.341 e. The average molecular weight is 284 g/mol. The van der Waals surface area contributed by atoms with Crippen molar-refractivity contribution in [1.82, 2.24) is 4.57 Å². The smallest absolute Gasteiger partial charge is 0.341 e. The van der Waals surface area contributed by atoms with Gasteiger partial charge in [-0.15, -0.1) is 11.3 Å². The molecule has 0 aliphatic heterocycles. The van der Waals surface area contributed by atoms with Gasteiger partial charge in [0.15, 0.2) is 0 Å². The standard InChI is InChI=1S/C12H10ClNO3S/c1-7-2-4-9(12(16)17)11(15)14(7)6-8-3-5-10(13)18-8/h2-5H,6H2,1H3,(H,16,17). The number of hydrogen-bond acceptors (Lipinski definition) is 3. The number of hydrogen-bond donors (Lipinski definition) is 1. The molecule has 1 N–H and O–H groups in total. The summed E-state index contributed by atoms with van der Waals surface area (Å²) in [4.78, 5) is 23.8. The van der Waals surface area contributed by atoms with Crippen molar-refractivity contribution in [1.29, 1.82) is 0 Å². The zero-order chi connectivity index (χ0) is 13.3. The van der Waals surface area contributed by atoms with Gasteiger partial charge in [-0.3, -0.25) is 4.79 Å². The summed E-state index contributed by atoms with van der Waals surface area (Å²) in [6, 6.07) is 6.53. The van der Waals surface area contributed by atoms with Crippen molar-refractivity contribution in [2.45, 2.75) is 13.5 Å². The minimum absolute atomic E-state index is 0.219. The number of aromatic nitrogens is 1. The van der Waals surface area contributed by atoms with Gasteiger partial charge in [-0.2, -0.15) is 0 Å². The van der Waals surface area contributed by atoms with Crippen LogP contribution >= 0.6 is 22.9 Å². The highest BCUT2D eigenvalue weighted by Gasteiger charge is 2.13. The molecule has 2 aromatic rings. The fourth-order valence-electron chi connectivity index (χ4n) is 1.62. The first-order valence-electron chi connectivity index (χ1n) is 5.17. The van der Waals surface area contributed by atoms with Crippen LogP contribution < -0.4 is 5.56 Å². The maximum atomic E-state index is 12.0. The number of nitrogens with zero attached hydrogens (tertiary/aromatic N) is 1. The number of rotatable bonds is 3. The van der Waals surface area contributed by atoms with E-state index in [4.69, 9.17) is 16.7 Å². The Labute approximate surface area is 112 Å². The van der Waals surface area contributed by atoms with Crippen molar-refractivity contribution in [3.63, 3.8) is 0 Å². The van der Waals surface area contributed by atoms with Crippen molar-refractivity contribution in [3.05, 3.63) is 55.1 Å². The van der Waals surface area contributed by atoms with Gasteiger partial charge in [-0.05, 0) is 31.2 Å². The molecule has 0 radical (unpaired) electrons. The highest BCUT2D eigenvalue weighted by molar-refractivity contribution is 7.16. The molecule has 0 aliphatic carbocycles. The summed E-state index contributed by atoms with van der Waals surface area (Å²) >= 11 is 7.20. The summed E-state index contributed by atoms with van der Waals surface area (Å²) in [6.45, 7) is 2.10. The van der Waals surface area contributed by atoms with Crippen LogP contribution in [0.1, 0.15) is 20.9 Å². The molecule has 2 aromatic heterocycles. The van der Waals surface area contributed by atoms with Crippen LogP contribution in [-0.2, 0) is 6.54 Å². The molecular weight excluding hydrogens is 274 g/mol. The third kappa shape index (κ3) is 2.47. The normalized spacial score (nSPS) is 10.6. The second-order valence-electron chi connectivity index (χ2n) is 3.79. The molecule has 2 rings (SSSR count). The number of aryl methyl sites for hydroxylation is 1. The van der Waals surface area contributed by atoms with Crippen LogP contribution in [0.5, 0.6) is 0 Å². The Morgan fingerprint density at radius 2 is 2.11 bits per heavy atom. The molecular formula is C12H10ClNO3S. The van der Waals surface area contributed by atoms with Crippen LogP contribution in [-0.4, -0.2) is 15.6 Å². The van der Waals surface area contributed by atoms with Crippen molar-refractivity contribution < 1.29 is 9.90 Å². The van der Waals surface area contributed by atoms with Gasteiger partial charge in [-0.1, -0.05) is 11.6 Å². The molecule has 94 valence electrons. The third-order valence-corrected chi connectivity index (χ3v) is 3.78. The first-order valence-corrected chi connectivity index (χ1v) is 6.36. The lowest BCUT2D eigenvalue weighted by atomic mass is 10.2. The molecule has 0 amide bonds. The molecule has 0 bridgehead atoms. The van der Waals surface area contributed by atoms with E-state index < -0.39 is 11.5 Å². The molecule has 4 nitrogen and oxygen atoms in total. The monoisotopic (exact) mass is 283 g/mol. The minimum Gasteiger partial charge on any atom is -0.477 e. The molecule has 0 unspecified atom stereocenters. The van der Waals surface area contributed by atoms with E-state index in [1.54, 1.807) is 19.1 Å². The van der Waals surface area contributed by atoms with E-state index in [0.29, 0.717) is 10.9 Å². The molecule has 6 heteroatoms. The predicted octanol–water partition coefficient (Wildman–Crippen LogP) is 2.62. The Kier molecular flexibility index (Phi) is 3.54. The first kappa shape index (κ1) is 12.9. The van der Waals surface area contributed by atoms with E-state index in [1.165, 1.54) is 22.0 Å². The Balaban J connectivity index is 2.47. The molecule has 2 heterocycles. The van der Waals surface area contributed by atoms with Gasteiger partial charge in [0.1, 0.15) is 5.56 Å². The van der Waals surface area contributed by atoms with Crippen LogP contribution in [0.3, 0.4) is 0 Å². The third-order valence-electron chi connectivity index (χ3n) is 2.57. The lowest BCUT2D eigenvalue weighted by molar-refractivity contribution is 0.0694. The van der Waals surface area contributed by atoms with Gasteiger partial charge in [0.05, 0.1) is 10.9 Å². The lowest BCUT2D eigenvalue weighted by Gasteiger charge is -2.09. The summed E-state index contributed by atoms with van der Waals surface area (Å²) < 4.78 is 2.08. The van der Waals surface area contributed by atoms with Gasteiger partial charge in [0.25, 0.3) is 5.56 Å². The number of carbonyl (C=O) groups is 1. The van der Waals surface area contributed by atoms with E-state index in [2.05, 4.69) is 0 Å². The van der Waals surface area contributed by atoms with Gasteiger partial charge in [-0.25, -0.2) is 4.79 Å². The van der Waals surface area contributed by atoms with Crippen molar-refractivity contribution >= 4 is 28.9 Å². The quantitative estimate of drug-likeness (QED) is 0.942. The average Bonchev–Trinajstić information content (AvgIpc) is 2.69. The van der Waals surface area contributed by atoms with Crippen molar-refractivity contribution in [2.75, 3.05) is 0 Å². The number of aromatic carboxylic acids is 1. The molecule has 0 spiro atoms. The second-order valence-corrected chi connectivity index (χ2v) is 5.59. The highest BCUT2D eigenvalue weighted by atomic mass is 35.5. The SMILES string of the molecule is Cc1ccc(C(=O)O)c(=O)n1Cc1ccc(Cl)s1. The van der Waals surface area contributed by atoms with Crippen LogP contribution in [0.4, 0.5) is 0 Å². The van der Waals surface area contributed by atoms with E-state index in [1.807, 2.05) is 6.07 Å². The Morgan fingerprint density at radius 1 is 1.39 bits per heavy atom. The number of pyridine rings is 1. The van der Waals surface area contributed by atoms with Crippen molar-refractivity contribution in [2.24, 2.45) is 0 Å². The fraction of sp³-hybridized carbons (Fsp3) is 0.167. The molecule has 0 aromatic carbocycles. The molecule has 0 atom stereocenters. The summed E-state index contributed by atoms with van der Waals surface area (Å²) in [7, 11) is 0. The molecule has 18 heavy (non-hydrogen) atoms. The van der Waals surface area contributed by atoms with Gasteiger partial charge < -0.3 is 9.67 Å². The summed E-state index contributed by atoms with van der Waals surface area (Å²) in [6.07, 6.45) is 0. The van der Waals surface area contributed by atoms with Gasteiger partial charge in [0, 0.05) is 10.6 Å². The van der Waals surface area contributed by atoms with Crippen LogP contribution in [0.15, 0.2) is 29.1 Å². The number of halogens is 1. The van der Waals surface area contributed by atoms with E-state index in [0.717, 1.165) is 10.6 Å². The van der Waals surface area contributed by atoms with Crippen LogP contribution in [0.2, 0.25) is 4.34 Å². The Hall–Kier alpha value is -1.59. The number of carboxylic acid groups (broad SMARTS) is 1. The highest BCUT2D eigenvalue weighted by Crippen LogP contribution is 2.22. The zero-order valence-electron chi connectivity index (χ0n) is 9.51. The lowest BCUT2D eigenvalue weighted by Crippen LogP contribution is -2.27. The van der Waals surface area contributed by atoms with E-state index in [9.17, 15) is 9.59 Å². The minimum atomic E-state index is -1.21. The fourth-order valence-corrected chi connectivity index (χ4v) is 2.70. The molecule has 0 aliphatic rings. The molecule has 0 fully saturated rings. The predicted molar refractivity (Wildman–Crippen MR) is 70.8 cm³/mol. The zero-order valence-corrected chi connectivity index (χ0v) is 11.1. The summed E-state index contributed by atoms with van der Waals surface area (Å²) in [5.74, 6) is -1.21. The Morgan fingerprint density at radius 3 is 2.67 bits per heavy atom. The second kappa shape index (κ2) is 4.96. The van der Waals surface area contributed by atoms with Gasteiger partial charge >= 0.3 is 5.97 Å². The Bertz CT molecular complexity index is 660. The topological polar surface area (TPSA) is 59.3 Å². The van der Waals surface area contributed by atoms with E-state index in [-0.39, 0.29) is 5.56 Å².